The van der Waals surface area contributed by atoms with Crippen LogP contribution in [0.5, 0.6) is 11.5 Å². The summed E-state index contributed by atoms with van der Waals surface area (Å²) in [6, 6.07) is 15.0. The van der Waals surface area contributed by atoms with Crippen molar-refractivity contribution in [2.24, 2.45) is 0 Å². The molecule has 4 aromatic rings. The van der Waals surface area contributed by atoms with Crippen LogP contribution in [-0.4, -0.2) is 50.8 Å². The van der Waals surface area contributed by atoms with E-state index in [1.807, 2.05) is 18.2 Å². The molecule has 248 valence electrons. The quantitative estimate of drug-likeness (QED) is 0.0688. The van der Waals surface area contributed by atoms with Crippen LogP contribution in [0.4, 0.5) is 37.2 Å². The number of hydrogen-bond acceptors (Lipinski definition) is 10. The minimum Gasteiger partial charge on any atom is -0.497 e. The van der Waals surface area contributed by atoms with E-state index >= 15 is 0 Å². The highest BCUT2D eigenvalue weighted by atomic mass is 32.3. The number of alkyl halides is 5. The zero-order valence-corrected chi connectivity index (χ0v) is 24.7. The SMILES string of the molecule is COC(=O)C(F)(F)S(=O)(=O)F.COc1ccc2ccc([N+](=O)[O-])c(C(F)(F)F)c2c1.COc1ccc2ccc([N+](=O)[O-])c(C)c2c1. The van der Waals surface area contributed by atoms with Crippen molar-refractivity contribution in [3.05, 3.63) is 92.0 Å². The minimum atomic E-state index is -6.22. The van der Waals surface area contributed by atoms with Crippen molar-refractivity contribution in [2.75, 3.05) is 21.3 Å². The van der Waals surface area contributed by atoms with Crippen molar-refractivity contribution in [3.63, 3.8) is 0 Å². The Morgan fingerprint density at radius 3 is 1.52 bits per heavy atom. The average molecular weight is 681 g/mol. The maximum Gasteiger partial charge on any atom is 0.470 e. The standard InChI is InChI=1S/C12H8F3NO3.C12H11NO3.C3H3F3O4S/c1-19-8-4-2-7-3-5-10(16(17)18)11(9(7)6-8)12(13,14)15;1-8-11-7-10(16-2)5-3-9(11)4-6-12(8)13(14)15;1-10-2(7)3(4,5)11(6,8)9/h2-6H,1H3;3-7H,1-2H3;1H3. The lowest BCUT2D eigenvalue weighted by molar-refractivity contribution is -0.387. The van der Waals surface area contributed by atoms with Gasteiger partial charge >= 0.3 is 27.6 Å². The first-order valence-corrected chi connectivity index (χ1v) is 13.5. The molecule has 0 atom stereocenters. The molecule has 4 rings (SSSR count). The summed E-state index contributed by atoms with van der Waals surface area (Å²) in [5.41, 5.74) is -1.41. The largest absolute Gasteiger partial charge is 0.497 e. The number of rotatable bonds is 6. The number of halogens is 6. The predicted molar refractivity (Wildman–Crippen MR) is 151 cm³/mol. The molecule has 4 aromatic carbocycles. The van der Waals surface area contributed by atoms with Crippen molar-refractivity contribution in [2.45, 2.75) is 18.4 Å². The van der Waals surface area contributed by atoms with Crippen molar-refractivity contribution >= 4 is 49.1 Å². The fraction of sp³-hybridized carbons (Fsp3) is 0.222. The molecule has 0 fully saturated rings. The first kappa shape index (κ1) is 37.0. The summed E-state index contributed by atoms with van der Waals surface area (Å²) < 4.78 is 107. The number of esters is 1. The van der Waals surface area contributed by atoms with E-state index in [0.717, 1.165) is 22.9 Å². The molecule has 0 N–H and O–H groups in total. The third-order valence-electron chi connectivity index (χ3n) is 6.08. The van der Waals surface area contributed by atoms with Crippen molar-refractivity contribution < 1.29 is 63.1 Å². The number of benzene rings is 4. The van der Waals surface area contributed by atoms with Gasteiger partial charge in [-0.2, -0.15) is 30.4 Å². The second-order valence-corrected chi connectivity index (χ2v) is 10.2. The van der Waals surface area contributed by atoms with Crippen LogP contribution in [0.1, 0.15) is 11.1 Å². The number of carbonyl (C=O) groups is 1. The molecule has 19 heteroatoms. The van der Waals surface area contributed by atoms with Gasteiger partial charge < -0.3 is 14.2 Å². The van der Waals surface area contributed by atoms with E-state index in [9.17, 15) is 59.3 Å². The molecule has 0 saturated carbocycles. The van der Waals surface area contributed by atoms with Crippen molar-refractivity contribution in [3.8, 4) is 11.5 Å². The Morgan fingerprint density at radius 2 is 1.15 bits per heavy atom. The number of ether oxygens (including phenoxy) is 3. The molecule has 0 aliphatic rings. The molecule has 0 aromatic heterocycles. The van der Waals surface area contributed by atoms with E-state index in [1.165, 1.54) is 31.4 Å². The van der Waals surface area contributed by atoms with Gasteiger partial charge in [0.1, 0.15) is 17.1 Å². The Balaban J connectivity index is 0.000000250. The van der Waals surface area contributed by atoms with Crippen LogP contribution in [-0.2, 0) is 25.9 Å². The van der Waals surface area contributed by atoms with Crippen molar-refractivity contribution in [1.82, 2.24) is 0 Å². The molecule has 0 saturated heterocycles. The second kappa shape index (κ2) is 14.3. The molecule has 0 amide bonds. The van der Waals surface area contributed by atoms with E-state index in [4.69, 9.17) is 9.47 Å². The van der Waals surface area contributed by atoms with Gasteiger partial charge in [0.15, 0.2) is 0 Å². The van der Waals surface area contributed by atoms with Gasteiger partial charge in [0, 0.05) is 23.1 Å². The third kappa shape index (κ3) is 8.29. The van der Waals surface area contributed by atoms with Gasteiger partial charge in [-0.15, -0.1) is 0 Å². The Hall–Kier alpha value is -5.20. The number of fused-ring (bicyclic) bond motifs is 2. The molecule has 0 aliphatic carbocycles. The highest BCUT2D eigenvalue weighted by Gasteiger charge is 2.55. The number of nitrogens with zero attached hydrogens (tertiary/aromatic N) is 2. The van der Waals surface area contributed by atoms with Gasteiger partial charge in [-0.1, -0.05) is 16.0 Å². The van der Waals surface area contributed by atoms with Gasteiger partial charge in [-0.25, -0.2) is 4.79 Å². The van der Waals surface area contributed by atoms with Gasteiger partial charge in [-0.3, -0.25) is 20.2 Å². The second-order valence-electron chi connectivity index (χ2n) is 8.80. The summed E-state index contributed by atoms with van der Waals surface area (Å²) in [4.78, 5) is 30.0. The predicted octanol–water partition coefficient (Wildman–Crippen LogP) is 6.89. The fourth-order valence-electron chi connectivity index (χ4n) is 3.84. The summed E-state index contributed by atoms with van der Waals surface area (Å²) in [7, 11) is -2.82. The number of nitro benzene ring substituents is 2. The molecule has 0 spiro atoms. The molecule has 12 nitrogen and oxygen atoms in total. The number of hydrogen-bond donors (Lipinski definition) is 0. The molecule has 0 radical (unpaired) electrons. The molecular weight excluding hydrogens is 658 g/mol. The van der Waals surface area contributed by atoms with Crippen molar-refractivity contribution in [1.29, 1.82) is 0 Å². The summed E-state index contributed by atoms with van der Waals surface area (Å²) in [6.07, 6.45) is -4.81. The first-order chi connectivity index (χ1) is 21.2. The zero-order chi connectivity index (χ0) is 35.2. The maximum atomic E-state index is 13.0. The normalized spacial score (nSPS) is 11.4. The summed E-state index contributed by atoms with van der Waals surface area (Å²) in [6.45, 7) is 1.75. The van der Waals surface area contributed by atoms with Crippen LogP contribution in [0.15, 0.2) is 60.7 Å². The molecule has 0 aliphatic heterocycles. The van der Waals surface area contributed by atoms with Crippen LogP contribution in [0.2, 0.25) is 0 Å². The molecule has 46 heavy (non-hydrogen) atoms. The first-order valence-electron chi connectivity index (χ1n) is 12.2. The van der Waals surface area contributed by atoms with Gasteiger partial charge in [-0.05, 0) is 59.5 Å². The summed E-state index contributed by atoms with van der Waals surface area (Å²) in [5, 5.41) is 18.3. The molecule has 0 bridgehead atoms. The lowest BCUT2D eigenvalue weighted by Gasteiger charge is -2.11. The van der Waals surface area contributed by atoms with Crippen LogP contribution in [0.3, 0.4) is 0 Å². The van der Waals surface area contributed by atoms with Crippen LogP contribution < -0.4 is 9.47 Å². The smallest absolute Gasteiger partial charge is 0.470 e. The van der Waals surface area contributed by atoms with E-state index in [-0.39, 0.29) is 27.1 Å². The molecular formula is C27H22F6N2O10S. The average Bonchev–Trinajstić information content (AvgIpc) is 2.99. The van der Waals surface area contributed by atoms with Gasteiger partial charge in [0.2, 0.25) is 0 Å². The number of nitro groups is 2. The highest BCUT2D eigenvalue weighted by Crippen LogP contribution is 2.42. The number of methoxy groups -OCH3 is 3. The Labute approximate surface area is 255 Å². The summed E-state index contributed by atoms with van der Waals surface area (Å²) in [5.74, 6) is -1.53. The third-order valence-corrected chi connectivity index (χ3v) is 6.86. The number of aryl methyl sites for hydroxylation is 1. The fourth-order valence-corrected chi connectivity index (χ4v) is 4.13. The molecule has 0 unspecified atom stereocenters. The number of carbonyl (C=O) groups excluding carboxylic acids is 1. The van der Waals surface area contributed by atoms with E-state index in [2.05, 4.69) is 4.74 Å². The maximum absolute atomic E-state index is 13.0. The Morgan fingerprint density at radius 1 is 0.739 bits per heavy atom. The Bertz CT molecular complexity index is 1900. The van der Waals surface area contributed by atoms with Crippen LogP contribution >= 0.6 is 0 Å². The minimum absolute atomic E-state index is 0.140. The monoisotopic (exact) mass is 680 g/mol. The van der Waals surface area contributed by atoms with E-state index in [0.29, 0.717) is 18.4 Å². The topological polar surface area (TPSA) is 165 Å². The Kier molecular flexibility index (Phi) is 11.5. The van der Waals surface area contributed by atoms with Crippen LogP contribution in [0, 0.1) is 27.2 Å². The highest BCUT2D eigenvalue weighted by molar-refractivity contribution is 7.88. The lowest BCUT2D eigenvalue weighted by atomic mass is 10.0. The van der Waals surface area contributed by atoms with E-state index in [1.54, 1.807) is 20.1 Å². The van der Waals surface area contributed by atoms with E-state index < -0.39 is 43.8 Å². The zero-order valence-electron chi connectivity index (χ0n) is 23.9. The lowest BCUT2D eigenvalue weighted by Crippen LogP contribution is -2.36. The van der Waals surface area contributed by atoms with Gasteiger partial charge in [0.05, 0.1) is 31.2 Å². The summed E-state index contributed by atoms with van der Waals surface area (Å²) >= 11 is 0. The molecule has 0 heterocycles. The van der Waals surface area contributed by atoms with Gasteiger partial charge in [0.25, 0.3) is 11.4 Å². The van der Waals surface area contributed by atoms with Crippen LogP contribution in [0.25, 0.3) is 21.5 Å².